The quantitative estimate of drug-likeness (QED) is 0.897. The summed E-state index contributed by atoms with van der Waals surface area (Å²) in [5.74, 6) is 3.64. The number of nitrogens with zero attached hydrogens (tertiary/aromatic N) is 4. The second-order valence-corrected chi connectivity index (χ2v) is 4.56. The molecule has 0 aromatic carbocycles. The van der Waals surface area contributed by atoms with Gasteiger partial charge in [-0.05, 0) is 27.2 Å². The summed E-state index contributed by atoms with van der Waals surface area (Å²) in [5.41, 5.74) is 1.06. The molecular formula is C14H21N5. The minimum Gasteiger partial charge on any atom is -0.370 e. The number of aryl methyl sites for hydroxylation is 2. The van der Waals surface area contributed by atoms with E-state index in [1.54, 1.807) is 0 Å². The Balaban J connectivity index is 2.51. The largest absolute Gasteiger partial charge is 0.370 e. The number of anilines is 1. The van der Waals surface area contributed by atoms with Crippen molar-refractivity contribution in [1.82, 2.24) is 19.5 Å². The third-order valence-electron chi connectivity index (χ3n) is 3.00. The molecule has 0 aliphatic carbocycles. The van der Waals surface area contributed by atoms with Crippen LogP contribution in [0.2, 0.25) is 0 Å². The summed E-state index contributed by atoms with van der Waals surface area (Å²) in [4.78, 5) is 13.4. The van der Waals surface area contributed by atoms with Crippen molar-refractivity contribution in [2.75, 3.05) is 11.9 Å². The Morgan fingerprint density at radius 2 is 2.00 bits per heavy atom. The van der Waals surface area contributed by atoms with Gasteiger partial charge in [-0.3, -0.25) is 4.57 Å². The standard InChI is InChI=1S/C14H21N5/c1-5-7-12-16-8-9-19(12)14-10(3)13(15-6-2)17-11(4)18-14/h8-9H,5-7H2,1-4H3,(H,15,17,18). The van der Waals surface area contributed by atoms with Crippen LogP contribution in [0.4, 0.5) is 5.82 Å². The van der Waals surface area contributed by atoms with Crippen LogP contribution in [0.25, 0.3) is 5.82 Å². The monoisotopic (exact) mass is 259 g/mol. The molecular weight excluding hydrogens is 238 g/mol. The molecule has 0 aliphatic rings. The number of hydrogen-bond donors (Lipinski definition) is 1. The van der Waals surface area contributed by atoms with Gasteiger partial charge >= 0.3 is 0 Å². The van der Waals surface area contributed by atoms with E-state index in [-0.39, 0.29) is 0 Å². The molecule has 0 unspecified atom stereocenters. The van der Waals surface area contributed by atoms with Crippen molar-refractivity contribution in [3.8, 4) is 5.82 Å². The van der Waals surface area contributed by atoms with Crippen LogP contribution in [0.1, 0.15) is 37.5 Å². The number of nitrogens with one attached hydrogen (secondary N) is 1. The van der Waals surface area contributed by atoms with Crippen molar-refractivity contribution in [2.24, 2.45) is 0 Å². The van der Waals surface area contributed by atoms with E-state index in [9.17, 15) is 0 Å². The molecule has 2 heterocycles. The van der Waals surface area contributed by atoms with Crippen LogP contribution in [0, 0.1) is 13.8 Å². The van der Waals surface area contributed by atoms with E-state index in [2.05, 4.69) is 38.7 Å². The van der Waals surface area contributed by atoms with E-state index in [1.807, 2.05) is 26.2 Å². The molecule has 2 aromatic heterocycles. The van der Waals surface area contributed by atoms with E-state index >= 15 is 0 Å². The van der Waals surface area contributed by atoms with E-state index < -0.39 is 0 Å². The van der Waals surface area contributed by atoms with Gasteiger partial charge in [0.2, 0.25) is 0 Å². The lowest BCUT2D eigenvalue weighted by Crippen LogP contribution is -2.11. The van der Waals surface area contributed by atoms with Gasteiger partial charge in [0.25, 0.3) is 0 Å². The number of aromatic nitrogens is 4. The zero-order valence-electron chi connectivity index (χ0n) is 12.1. The van der Waals surface area contributed by atoms with Crippen molar-refractivity contribution in [2.45, 2.75) is 40.5 Å². The Bertz CT molecular complexity index is 559. The first kappa shape index (κ1) is 13.5. The molecule has 0 atom stereocenters. The van der Waals surface area contributed by atoms with Gasteiger partial charge in [-0.1, -0.05) is 6.92 Å². The van der Waals surface area contributed by atoms with Crippen molar-refractivity contribution in [1.29, 1.82) is 0 Å². The molecule has 5 heteroatoms. The molecule has 0 spiro atoms. The molecule has 19 heavy (non-hydrogen) atoms. The summed E-state index contributed by atoms with van der Waals surface area (Å²) in [6.45, 7) is 9.03. The fourth-order valence-electron chi connectivity index (χ4n) is 2.12. The third-order valence-corrected chi connectivity index (χ3v) is 3.00. The highest BCUT2D eigenvalue weighted by molar-refractivity contribution is 5.52. The molecule has 0 saturated carbocycles. The maximum atomic E-state index is 4.57. The van der Waals surface area contributed by atoms with E-state index in [1.165, 1.54) is 0 Å². The fourth-order valence-corrected chi connectivity index (χ4v) is 2.12. The zero-order chi connectivity index (χ0) is 13.8. The summed E-state index contributed by atoms with van der Waals surface area (Å²) >= 11 is 0. The van der Waals surface area contributed by atoms with Crippen LogP contribution in [0.5, 0.6) is 0 Å². The van der Waals surface area contributed by atoms with Crippen molar-refractivity contribution in [3.05, 3.63) is 29.6 Å². The van der Waals surface area contributed by atoms with E-state index in [4.69, 9.17) is 0 Å². The molecule has 2 rings (SSSR count). The molecule has 0 saturated heterocycles. The molecule has 102 valence electrons. The van der Waals surface area contributed by atoms with Crippen LogP contribution >= 0.6 is 0 Å². The average molecular weight is 259 g/mol. The van der Waals surface area contributed by atoms with Gasteiger partial charge in [0, 0.05) is 30.9 Å². The van der Waals surface area contributed by atoms with Gasteiger partial charge in [0.15, 0.2) is 0 Å². The first-order valence-electron chi connectivity index (χ1n) is 6.79. The summed E-state index contributed by atoms with van der Waals surface area (Å²) in [6.07, 6.45) is 5.82. The van der Waals surface area contributed by atoms with Crippen LogP contribution < -0.4 is 5.32 Å². The third kappa shape index (κ3) is 2.75. The summed E-state index contributed by atoms with van der Waals surface area (Å²) in [7, 11) is 0. The first-order chi connectivity index (χ1) is 9.17. The number of rotatable bonds is 5. The van der Waals surface area contributed by atoms with Crippen LogP contribution in [-0.4, -0.2) is 26.1 Å². The molecule has 1 N–H and O–H groups in total. The average Bonchev–Trinajstić information content (AvgIpc) is 2.82. The van der Waals surface area contributed by atoms with Gasteiger partial charge in [0.05, 0.1) is 0 Å². The Kier molecular flexibility index (Phi) is 4.14. The second-order valence-electron chi connectivity index (χ2n) is 4.56. The Hall–Kier alpha value is -1.91. The van der Waals surface area contributed by atoms with Crippen molar-refractivity contribution < 1.29 is 0 Å². The van der Waals surface area contributed by atoms with Gasteiger partial charge < -0.3 is 5.32 Å². The van der Waals surface area contributed by atoms with Crippen LogP contribution in [0.3, 0.4) is 0 Å². The van der Waals surface area contributed by atoms with Gasteiger partial charge in [-0.15, -0.1) is 0 Å². The molecule has 0 aliphatic heterocycles. The number of hydrogen-bond acceptors (Lipinski definition) is 4. The molecule has 2 aromatic rings. The highest BCUT2D eigenvalue weighted by Gasteiger charge is 2.13. The van der Waals surface area contributed by atoms with E-state index in [0.717, 1.165) is 48.2 Å². The van der Waals surface area contributed by atoms with Crippen molar-refractivity contribution in [3.63, 3.8) is 0 Å². The normalized spacial score (nSPS) is 10.7. The Labute approximate surface area is 114 Å². The summed E-state index contributed by atoms with van der Waals surface area (Å²) in [6, 6.07) is 0. The van der Waals surface area contributed by atoms with Crippen molar-refractivity contribution >= 4 is 5.82 Å². The fraction of sp³-hybridized carbons (Fsp3) is 0.500. The predicted octanol–water partition coefficient (Wildman–Crippen LogP) is 2.66. The Morgan fingerprint density at radius 3 is 2.68 bits per heavy atom. The second kappa shape index (κ2) is 5.82. The van der Waals surface area contributed by atoms with Gasteiger partial charge in [-0.2, -0.15) is 0 Å². The highest BCUT2D eigenvalue weighted by atomic mass is 15.2. The zero-order valence-corrected chi connectivity index (χ0v) is 12.1. The van der Waals surface area contributed by atoms with Crippen LogP contribution in [0.15, 0.2) is 12.4 Å². The Morgan fingerprint density at radius 1 is 1.21 bits per heavy atom. The first-order valence-corrected chi connectivity index (χ1v) is 6.79. The minimum absolute atomic E-state index is 0.771. The molecule has 0 amide bonds. The van der Waals surface area contributed by atoms with Crippen LogP contribution in [-0.2, 0) is 6.42 Å². The number of imidazole rings is 1. The minimum atomic E-state index is 0.771. The molecule has 0 fully saturated rings. The maximum absolute atomic E-state index is 4.57. The summed E-state index contributed by atoms with van der Waals surface area (Å²) in [5, 5.41) is 3.29. The lowest BCUT2D eigenvalue weighted by atomic mass is 10.2. The highest BCUT2D eigenvalue weighted by Crippen LogP contribution is 2.20. The van der Waals surface area contributed by atoms with E-state index in [0.29, 0.717) is 0 Å². The summed E-state index contributed by atoms with van der Waals surface area (Å²) < 4.78 is 2.06. The SMILES string of the molecule is CCCc1nccn1-c1nc(C)nc(NCC)c1C. The van der Waals surface area contributed by atoms with Gasteiger partial charge in [0.1, 0.15) is 23.3 Å². The predicted molar refractivity (Wildman–Crippen MR) is 76.8 cm³/mol. The van der Waals surface area contributed by atoms with Gasteiger partial charge in [-0.25, -0.2) is 15.0 Å². The maximum Gasteiger partial charge on any atom is 0.146 e. The molecule has 5 nitrogen and oxygen atoms in total. The molecule has 0 radical (unpaired) electrons. The topological polar surface area (TPSA) is 55.6 Å². The lowest BCUT2D eigenvalue weighted by Gasteiger charge is -2.14. The smallest absolute Gasteiger partial charge is 0.146 e. The molecule has 0 bridgehead atoms. The lowest BCUT2D eigenvalue weighted by molar-refractivity contribution is 0.788.